The molecule has 0 radical (unpaired) electrons. The molecule has 0 bridgehead atoms. The summed E-state index contributed by atoms with van der Waals surface area (Å²) in [5, 5.41) is 0. The number of nitrogens with zero attached hydrogens (tertiary/aromatic N) is 2. The number of aryl methyl sites for hydroxylation is 2. The molecule has 1 aromatic carbocycles. The molecule has 1 aromatic heterocycles. The molecule has 0 amide bonds. The van der Waals surface area contributed by atoms with Gasteiger partial charge in [0.1, 0.15) is 0 Å². The molecular formula is C15H21N3. The zero-order valence-electron chi connectivity index (χ0n) is 11.0. The van der Waals surface area contributed by atoms with E-state index in [1.54, 1.807) is 0 Å². The van der Waals surface area contributed by atoms with Gasteiger partial charge in [0.05, 0.1) is 12.0 Å². The summed E-state index contributed by atoms with van der Waals surface area (Å²) in [4.78, 5) is 4.44. The molecule has 0 saturated heterocycles. The van der Waals surface area contributed by atoms with Crippen LogP contribution in [-0.4, -0.2) is 16.1 Å². The maximum Gasteiger partial charge on any atom is 0.0953 e. The van der Waals surface area contributed by atoms with Crippen LogP contribution in [0.15, 0.2) is 36.8 Å². The number of hydrogen-bond acceptors (Lipinski definition) is 2. The summed E-state index contributed by atoms with van der Waals surface area (Å²) in [6, 6.07) is 8.69. The molecular weight excluding hydrogens is 222 g/mol. The van der Waals surface area contributed by atoms with Crippen molar-refractivity contribution in [2.45, 2.75) is 32.7 Å². The number of nitrogens with two attached hydrogens (primary N) is 1. The van der Waals surface area contributed by atoms with Crippen LogP contribution in [-0.2, 0) is 13.0 Å². The van der Waals surface area contributed by atoms with Gasteiger partial charge in [0.2, 0.25) is 0 Å². The van der Waals surface area contributed by atoms with Crippen molar-refractivity contribution >= 4 is 0 Å². The fourth-order valence-corrected chi connectivity index (χ4v) is 2.04. The van der Waals surface area contributed by atoms with Gasteiger partial charge < -0.3 is 10.3 Å². The van der Waals surface area contributed by atoms with E-state index in [0.29, 0.717) is 0 Å². The first-order chi connectivity index (χ1) is 8.83. The Labute approximate surface area is 109 Å². The van der Waals surface area contributed by atoms with Gasteiger partial charge in [-0.1, -0.05) is 37.6 Å². The van der Waals surface area contributed by atoms with Crippen molar-refractivity contribution in [2.75, 3.05) is 6.54 Å². The standard InChI is InChI=1S/C15H21N3/c1-2-4-13-5-7-14(8-6-13)15-11-18(12-17-15)10-3-9-16/h5-8,11-12H,2-4,9-10,16H2,1H3. The third-order valence-electron chi connectivity index (χ3n) is 3.04. The predicted molar refractivity (Wildman–Crippen MR) is 75.3 cm³/mol. The van der Waals surface area contributed by atoms with E-state index in [4.69, 9.17) is 5.73 Å². The monoisotopic (exact) mass is 243 g/mol. The highest BCUT2D eigenvalue weighted by Gasteiger charge is 2.02. The Hall–Kier alpha value is -1.61. The predicted octanol–water partition coefficient (Wildman–Crippen LogP) is 2.85. The minimum Gasteiger partial charge on any atom is -0.337 e. The summed E-state index contributed by atoms with van der Waals surface area (Å²) in [6.45, 7) is 3.86. The zero-order chi connectivity index (χ0) is 12.8. The Morgan fingerprint density at radius 1 is 1.22 bits per heavy atom. The molecule has 2 N–H and O–H groups in total. The Morgan fingerprint density at radius 2 is 2.00 bits per heavy atom. The van der Waals surface area contributed by atoms with Crippen molar-refractivity contribution in [1.82, 2.24) is 9.55 Å². The van der Waals surface area contributed by atoms with E-state index in [1.165, 1.54) is 17.5 Å². The van der Waals surface area contributed by atoms with Gasteiger partial charge in [0.25, 0.3) is 0 Å². The highest BCUT2D eigenvalue weighted by Crippen LogP contribution is 2.18. The van der Waals surface area contributed by atoms with E-state index in [-0.39, 0.29) is 0 Å². The van der Waals surface area contributed by atoms with Crippen LogP contribution >= 0.6 is 0 Å². The number of hydrogen-bond donors (Lipinski definition) is 1. The molecule has 3 heteroatoms. The average molecular weight is 243 g/mol. The quantitative estimate of drug-likeness (QED) is 0.847. The number of imidazole rings is 1. The minimum absolute atomic E-state index is 0.721. The molecule has 0 saturated carbocycles. The van der Waals surface area contributed by atoms with Gasteiger partial charge >= 0.3 is 0 Å². The van der Waals surface area contributed by atoms with Crippen LogP contribution in [0.3, 0.4) is 0 Å². The molecule has 0 aliphatic carbocycles. The summed E-state index contributed by atoms with van der Waals surface area (Å²) in [5.41, 5.74) is 9.12. The fourth-order valence-electron chi connectivity index (χ4n) is 2.04. The van der Waals surface area contributed by atoms with Crippen molar-refractivity contribution in [1.29, 1.82) is 0 Å². The van der Waals surface area contributed by atoms with Crippen molar-refractivity contribution in [3.8, 4) is 11.3 Å². The van der Waals surface area contributed by atoms with Crippen LogP contribution in [0.1, 0.15) is 25.3 Å². The van der Waals surface area contributed by atoms with Crippen LogP contribution in [0.5, 0.6) is 0 Å². The minimum atomic E-state index is 0.721. The number of rotatable bonds is 6. The van der Waals surface area contributed by atoms with Crippen molar-refractivity contribution in [2.24, 2.45) is 5.73 Å². The van der Waals surface area contributed by atoms with Crippen LogP contribution in [0.25, 0.3) is 11.3 Å². The lowest BCUT2D eigenvalue weighted by atomic mass is 10.1. The molecule has 0 fully saturated rings. The Morgan fingerprint density at radius 3 is 2.67 bits per heavy atom. The van der Waals surface area contributed by atoms with E-state index in [0.717, 1.165) is 31.6 Å². The molecule has 1 heterocycles. The molecule has 3 nitrogen and oxygen atoms in total. The topological polar surface area (TPSA) is 43.8 Å². The Kier molecular flexibility index (Phi) is 4.53. The smallest absolute Gasteiger partial charge is 0.0953 e. The molecule has 96 valence electrons. The van der Waals surface area contributed by atoms with E-state index in [2.05, 4.69) is 46.9 Å². The SMILES string of the molecule is CCCc1ccc(-c2cn(CCCN)cn2)cc1. The van der Waals surface area contributed by atoms with Crippen LogP contribution in [0, 0.1) is 0 Å². The fraction of sp³-hybridized carbons (Fsp3) is 0.400. The van der Waals surface area contributed by atoms with Gasteiger partial charge in [0.15, 0.2) is 0 Å². The van der Waals surface area contributed by atoms with E-state index >= 15 is 0 Å². The third kappa shape index (κ3) is 3.20. The van der Waals surface area contributed by atoms with Crippen LogP contribution < -0.4 is 5.73 Å². The molecule has 2 rings (SSSR count). The first-order valence-corrected chi connectivity index (χ1v) is 6.64. The van der Waals surface area contributed by atoms with Crippen LogP contribution in [0.4, 0.5) is 0 Å². The molecule has 18 heavy (non-hydrogen) atoms. The molecule has 0 aliphatic rings. The van der Waals surface area contributed by atoms with Gasteiger partial charge in [-0.05, 0) is 24.9 Å². The van der Waals surface area contributed by atoms with Gasteiger partial charge in [-0.2, -0.15) is 0 Å². The molecule has 0 unspecified atom stereocenters. The summed E-state index contributed by atoms with van der Waals surface area (Å²) in [6.07, 6.45) is 7.29. The highest BCUT2D eigenvalue weighted by molar-refractivity contribution is 5.58. The Bertz CT molecular complexity index is 471. The zero-order valence-corrected chi connectivity index (χ0v) is 11.0. The third-order valence-corrected chi connectivity index (χ3v) is 3.04. The van der Waals surface area contributed by atoms with E-state index < -0.39 is 0 Å². The number of aromatic nitrogens is 2. The van der Waals surface area contributed by atoms with Gasteiger partial charge in [-0.15, -0.1) is 0 Å². The maximum absolute atomic E-state index is 5.51. The second-order valence-electron chi connectivity index (χ2n) is 4.59. The van der Waals surface area contributed by atoms with Gasteiger partial charge in [-0.3, -0.25) is 0 Å². The molecule has 0 spiro atoms. The average Bonchev–Trinajstić information content (AvgIpc) is 2.86. The van der Waals surface area contributed by atoms with Gasteiger partial charge in [-0.25, -0.2) is 4.98 Å². The molecule has 0 atom stereocenters. The first kappa shape index (κ1) is 12.8. The van der Waals surface area contributed by atoms with Crippen molar-refractivity contribution in [3.63, 3.8) is 0 Å². The summed E-state index contributed by atoms with van der Waals surface area (Å²) in [7, 11) is 0. The highest BCUT2D eigenvalue weighted by atomic mass is 15.0. The molecule has 2 aromatic rings. The maximum atomic E-state index is 5.51. The number of benzene rings is 1. The second kappa shape index (κ2) is 6.36. The van der Waals surface area contributed by atoms with E-state index in [1.807, 2.05) is 6.33 Å². The molecule has 0 aliphatic heterocycles. The van der Waals surface area contributed by atoms with Gasteiger partial charge in [0, 0.05) is 18.3 Å². The van der Waals surface area contributed by atoms with Crippen molar-refractivity contribution < 1.29 is 0 Å². The Balaban J connectivity index is 2.08. The van der Waals surface area contributed by atoms with Crippen LogP contribution in [0.2, 0.25) is 0 Å². The first-order valence-electron chi connectivity index (χ1n) is 6.64. The van der Waals surface area contributed by atoms with Crippen molar-refractivity contribution in [3.05, 3.63) is 42.4 Å². The largest absolute Gasteiger partial charge is 0.337 e. The lowest BCUT2D eigenvalue weighted by Crippen LogP contribution is -2.03. The summed E-state index contributed by atoms with van der Waals surface area (Å²) < 4.78 is 2.10. The second-order valence-corrected chi connectivity index (χ2v) is 4.59. The normalized spacial score (nSPS) is 10.8. The lowest BCUT2D eigenvalue weighted by Gasteiger charge is -2.01. The summed E-state index contributed by atoms with van der Waals surface area (Å²) >= 11 is 0. The summed E-state index contributed by atoms with van der Waals surface area (Å²) in [5.74, 6) is 0. The lowest BCUT2D eigenvalue weighted by molar-refractivity contribution is 0.650. The van der Waals surface area contributed by atoms with E-state index in [9.17, 15) is 0 Å².